The Morgan fingerprint density at radius 1 is 1.15 bits per heavy atom. The van der Waals surface area contributed by atoms with Crippen LogP contribution < -0.4 is 9.47 Å². The summed E-state index contributed by atoms with van der Waals surface area (Å²) in [5.74, 6) is 1.74. The average molecular weight is 291 g/mol. The van der Waals surface area contributed by atoms with Crippen molar-refractivity contribution in [3.8, 4) is 17.4 Å². The van der Waals surface area contributed by atoms with Gasteiger partial charge in [-0.1, -0.05) is 0 Å². The van der Waals surface area contributed by atoms with Gasteiger partial charge >= 0.3 is 0 Å². The third-order valence-electron chi connectivity index (χ3n) is 2.57. The van der Waals surface area contributed by atoms with Gasteiger partial charge in [0.25, 0.3) is 0 Å². The Kier molecular flexibility index (Phi) is 3.39. The van der Waals surface area contributed by atoms with Crippen molar-refractivity contribution < 1.29 is 9.47 Å². The van der Waals surface area contributed by atoms with Crippen molar-refractivity contribution in [3.63, 3.8) is 0 Å². The van der Waals surface area contributed by atoms with Crippen LogP contribution in [0, 0.1) is 0 Å². The van der Waals surface area contributed by atoms with Gasteiger partial charge in [0.1, 0.15) is 17.0 Å². The van der Waals surface area contributed by atoms with Gasteiger partial charge in [-0.05, 0) is 42.8 Å². The van der Waals surface area contributed by atoms with Gasteiger partial charge < -0.3 is 14.5 Å². The van der Waals surface area contributed by atoms with E-state index in [-0.39, 0.29) is 5.28 Å². The number of nitrogens with one attached hydrogen (secondary N) is 1. The lowest BCUT2D eigenvalue weighted by atomic mass is 10.3. The lowest BCUT2D eigenvalue weighted by Gasteiger charge is -2.07. The van der Waals surface area contributed by atoms with Crippen molar-refractivity contribution in [2.75, 3.05) is 6.61 Å². The first-order valence-electron chi connectivity index (χ1n) is 6.03. The molecular weight excluding hydrogens is 280 g/mol. The van der Waals surface area contributed by atoms with Gasteiger partial charge in [-0.15, -0.1) is 0 Å². The second kappa shape index (κ2) is 5.34. The Labute approximate surface area is 119 Å². The first-order chi connectivity index (χ1) is 9.76. The predicted octanol–water partition coefficient (Wildman–Crippen LogP) is 3.20. The minimum absolute atomic E-state index is 0.0885. The SMILES string of the molecule is CCOc1ccc(Oc2nc(Cl)nc3nc[nH]c23)cc1. The molecule has 0 amide bonds. The molecule has 102 valence electrons. The highest BCUT2D eigenvalue weighted by Crippen LogP contribution is 2.27. The van der Waals surface area contributed by atoms with E-state index in [1.807, 2.05) is 19.1 Å². The summed E-state index contributed by atoms with van der Waals surface area (Å²) in [6, 6.07) is 7.24. The molecule has 0 aliphatic rings. The standard InChI is InChI=1S/C13H11ClN4O2/c1-2-19-8-3-5-9(6-4-8)20-12-10-11(16-7-15-10)17-13(14)18-12/h3-7H,2H2,1H3,(H,15,16,17,18). The smallest absolute Gasteiger partial charge is 0.250 e. The molecule has 20 heavy (non-hydrogen) atoms. The third-order valence-corrected chi connectivity index (χ3v) is 2.74. The van der Waals surface area contributed by atoms with E-state index in [4.69, 9.17) is 21.1 Å². The molecule has 0 fully saturated rings. The Hall–Kier alpha value is -2.34. The number of imidazole rings is 1. The highest BCUT2D eigenvalue weighted by molar-refractivity contribution is 6.28. The van der Waals surface area contributed by atoms with Crippen molar-refractivity contribution in [2.45, 2.75) is 6.92 Å². The normalized spacial score (nSPS) is 10.7. The molecule has 3 rings (SSSR count). The summed E-state index contributed by atoms with van der Waals surface area (Å²) in [6.07, 6.45) is 1.51. The Morgan fingerprint density at radius 3 is 2.65 bits per heavy atom. The van der Waals surface area contributed by atoms with Gasteiger partial charge in [0.15, 0.2) is 5.65 Å². The number of rotatable bonds is 4. The summed E-state index contributed by atoms with van der Waals surface area (Å²) in [5, 5.41) is 0.0885. The Balaban J connectivity index is 1.90. The number of fused-ring (bicyclic) bond motifs is 1. The Bertz CT molecular complexity index is 727. The molecule has 1 N–H and O–H groups in total. The predicted molar refractivity (Wildman–Crippen MR) is 74.4 cm³/mol. The van der Waals surface area contributed by atoms with Crippen molar-refractivity contribution in [3.05, 3.63) is 35.9 Å². The fourth-order valence-electron chi connectivity index (χ4n) is 1.74. The Morgan fingerprint density at radius 2 is 1.90 bits per heavy atom. The van der Waals surface area contributed by atoms with Crippen LogP contribution in [0.15, 0.2) is 30.6 Å². The van der Waals surface area contributed by atoms with Crippen LogP contribution in [0.5, 0.6) is 17.4 Å². The van der Waals surface area contributed by atoms with Crippen molar-refractivity contribution >= 4 is 22.8 Å². The molecule has 6 nitrogen and oxygen atoms in total. The number of hydrogen-bond acceptors (Lipinski definition) is 5. The molecule has 0 aliphatic heterocycles. The summed E-state index contributed by atoms with van der Waals surface area (Å²) in [4.78, 5) is 15.0. The molecule has 7 heteroatoms. The third kappa shape index (κ3) is 2.50. The van der Waals surface area contributed by atoms with Gasteiger partial charge in [0.2, 0.25) is 11.2 Å². The number of H-pyrrole nitrogens is 1. The fraction of sp³-hybridized carbons (Fsp3) is 0.154. The van der Waals surface area contributed by atoms with Crippen LogP contribution in [0.4, 0.5) is 0 Å². The first kappa shape index (κ1) is 12.7. The molecule has 0 saturated heterocycles. The fourth-order valence-corrected chi connectivity index (χ4v) is 1.89. The van der Waals surface area contributed by atoms with E-state index < -0.39 is 0 Å². The van der Waals surface area contributed by atoms with E-state index in [1.165, 1.54) is 6.33 Å². The summed E-state index contributed by atoms with van der Waals surface area (Å²) >= 11 is 5.84. The monoisotopic (exact) mass is 290 g/mol. The zero-order valence-corrected chi connectivity index (χ0v) is 11.4. The van der Waals surface area contributed by atoms with Gasteiger partial charge in [-0.3, -0.25) is 0 Å². The van der Waals surface area contributed by atoms with E-state index in [2.05, 4.69) is 19.9 Å². The van der Waals surface area contributed by atoms with E-state index in [1.54, 1.807) is 12.1 Å². The van der Waals surface area contributed by atoms with Gasteiger partial charge in [0, 0.05) is 0 Å². The minimum Gasteiger partial charge on any atom is -0.494 e. The molecular formula is C13H11ClN4O2. The maximum Gasteiger partial charge on any atom is 0.250 e. The van der Waals surface area contributed by atoms with Crippen LogP contribution in [-0.4, -0.2) is 26.5 Å². The van der Waals surface area contributed by atoms with Gasteiger partial charge in [-0.2, -0.15) is 9.97 Å². The number of nitrogens with zero attached hydrogens (tertiary/aromatic N) is 3. The van der Waals surface area contributed by atoms with Crippen molar-refractivity contribution in [1.29, 1.82) is 0 Å². The molecule has 0 radical (unpaired) electrons. The number of hydrogen-bond donors (Lipinski definition) is 1. The molecule has 1 aromatic carbocycles. The lowest BCUT2D eigenvalue weighted by molar-refractivity contribution is 0.339. The molecule has 0 spiro atoms. The highest BCUT2D eigenvalue weighted by Gasteiger charge is 2.11. The number of aromatic nitrogens is 4. The van der Waals surface area contributed by atoms with E-state index >= 15 is 0 Å². The summed E-state index contributed by atoms with van der Waals surface area (Å²) in [6.45, 7) is 2.55. The van der Waals surface area contributed by atoms with Gasteiger partial charge in [0.05, 0.1) is 12.9 Å². The molecule has 2 aromatic heterocycles. The highest BCUT2D eigenvalue weighted by atomic mass is 35.5. The zero-order valence-electron chi connectivity index (χ0n) is 10.6. The summed E-state index contributed by atoms with van der Waals surface area (Å²) < 4.78 is 11.1. The molecule has 0 saturated carbocycles. The van der Waals surface area contributed by atoms with E-state index in [9.17, 15) is 0 Å². The topological polar surface area (TPSA) is 72.9 Å². The molecule has 3 aromatic rings. The van der Waals surface area contributed by atoms with Crippen LogP contribution in [0.3, 0.4) is 0 Å². The van der Waals surface area contributed by atoms with Gasteiger partial charge in [-0.25, -0.2) is 4.98 Å². The average Bonchev–Trinajstić information content (AvgIpc) is 2.89. The number of halogens is 1. The maximum atomic E-state index is 5.84. The molecule has 2 heterocycles. The number of benzene rings is 1. The van der Waals surface area contributed by atoms with Crippen LogP contribution >= 0.6 is 11.6 Å². The number of ether oxygens (including phenoxy) is 2. The molecule has 0 bridgehead atoms. The second-order valence-electron chi connectivity index (χ2n) is 3.91. The van der Waals surface area contributed by atoms with Crippen LogP contribution in [0.25, 0.3) is 11.2 Å². The van der Waals surface area contributed by atoms with Crippen molar-refractivity contribution in [1.82, 2.24) is 19.9 Å². The quantitative estimate of drug-likeness (QED) is 0.747. The van der Waals surface area contributed by atoms with E-state index in [0.717, 1.165) is 5.75 Å². The zero-order chi connectivity index (χ0) is 13.9. The second-order valence-corrected chi connectivity index (χ2v) is 4.24. The lowest BCUT2D eigenvalue weighted by Crippen LogP contribution is -1.94. The van der Waals surface area contributed by atoms with Crippen LogP contribution in [-0.2, 0) is 0 Å². The van der Waals surface area contributed by atoms with Crippen molar-refractivity contribution in [2.24, 2.45) is 0 Å². The molecule has 0 atom stereocenters. The van der Waals surface area contributed by atoms with Crippen LogP contribution in [0.1, 0.15) is 6.92 Å². The maximum absolute atomic E-state index is 5.84. The largest absolute Gasteiger partial charge is 0.494 e. The summed E-state index contributed by atoms with van der Waals surface area (Å²) in [7, 11) is 0. The summed E-state index contributed by atoms with van der Waals surface area (Å²) in [5.41, 5.74) is 1.06. The van der Waals surface area contributed by atoms with E-state index in [0.29, 0.717) is 29.4 Å². The van der Waals surface area contributed by atoms with Crippen LogP contribution in [0.2, 0.25) is 5.28 Å². The first-order valence-corrected chi connectivity index (χ1v) is 6.41. The number of aromatic amines is 1. The minimum atomic E-state index is 0.0885. The molecule has 0 unspecified atom stereocenters. The molecule has 0 aliphatic carbocycles.